The Hall–Kier alpha value is -9.47. The van der Waals surface area contributed by atoms with Gasteiger partial charge in [0.15, 0.2) is 9.84 Å². The first-order valence-corrected chi connectivity index (χ1v) is 40.7. The van der Waals surface area contributed by atoms with E-state index < -0.39 is 129 Å². The van der Waals surface area contributed by atoms with Crippen molar-refractivity contribution in [1.82, 2.24) is 24.9 Å². The minimum Gasteiger partial charge on any atom is -0.356 e. The molecule has 11 rings (SSSR count). The lowest BCUT2D eigenvalue weighted by Gasteiger charge is -2.26. The number of sulfone groups is 1. The van der Waals surface area contributed by atoms with Crippen LogP contribution in [0.5, 0.6) is 0 Å². The molecule has 3 saturated heterocycles. The van der Waals surface area contributed by atoms with E-state index >= 15 is 22.4 Å². The molecule has 0 aliphatic carbocycles. The fourth-order valence-corrected chi connectivity index (χ4v) is 18.8. The molecule has 0 spiro atoms. The molecule has 0 radical (unpaired) electrons. The molecule has 8 heterocycles. The highest BCUT2D eigenvalue weighted by molar-refractivity contribution is 7.93. The second-order valence-corrected chi connectivity index (χ2v) is 35.3. The first-order valence-electron chi connectivity index (χ1n) is 33.4. The molecule has 0 saturated carbocycles. The molecular weight excluding hydrogens is 1450 g/mol. The van der Waals surface area contributed by atoms with Gasteiger partial charge < -0.3 is 30.7 Å². The van der Waals surface area contributed by atoms with Gasteiger partial charge >= 0.3 is 0 Å². The van der Waals surface area contributed by atoms with Gasteiger partial charge in [-0.05, 0) is 136 Å². The minimum atomic E-state index is -4.12. The Labute approximate surface area is 604 Å². The Morgan fingerprint density at radius 3 is 1.42 bits per heavy atom. The van der Waals surface area contributed by atoms with Crippen LogP contribution in [0.25, 0.3) is 22.3 Å². The number of hydrogen-bond donors (Lipinski definition) is 6. The molecule has 556 valence electrons. The van der Waals surface area contributed by atoms with E-state index in [1.807, 2.05) is 0 Å². The fourth-order valence-electron chi connectivity index (χ4n) is 13.6. The van der Waals surface area contributed by atoms with Crippen LogP contribution in [-0.4, -0.2) is 145 Å². The fraction of sp³-hybridized carbons (Fsp3) is 0.361. The highest BCUT2D eigenvalue weighted by atomic mass is 32.2. The van der Waals surface area contributed by atoms with E-state index in [4.69, 9.17) is 14.5 Å². The average Bonchev–Trinajstić information content (AvgIpc) is 1.74. The number of nitrogens with zero attached hydrogens (tertiary/aromatic N) is 8. The topological polar surface area (TPSA) is 318 Å². The molecule has 5 aromatic heterocycles. The molecule has 6 N–H and O–H groups in total. The van der Waals surface area contributed by atoms with Crippen LogP contribution in [0, 0.1) is 59.8 Å². The summed E-state index contributed by atoms with van der Waals surface area (Å²) in [7, 11) is -15.4. The molecule has 3 aromatic carbocycles. The summed E-state index contributed by atoms with van der Waals surface area (Å²) in [5, 5.41) is 8.18. The molecule has 5 atom stereocenters. The lowest BCUT2D eigenvalue weighted by atomic mass is 9.96. The molecule has 3 amide bonds. The molecule has 8 aromatic rings. The van der Waals surface area contributed by atoms with Crippen molar-refractivity contribution in [3.8, 4) is 22.3 Å². The number of amides is 3. The molecule has 3 aliphatic rings. The van der Waals surface area contributed by atoms with Gasteiger partial charge in [0.05, 0.1) is 50.8 Å². The lowest BCUT2D eigenvalue weighted by molar-refractivity contribution is -0.0522. The van der Waals surface area contributed by atoms with Crippen molar-refractivity contribution in [2.24, 2.45) is 11.8 Å². The SMILES string of the molecule is Cc1ncccc1-c1cnc(N2CCC(CS(=N)(=O)c3cccc(NC(=O)c4c(N5CCCC(F)(F)CC5)ncc(S(C)(=O)=O)c4C)c3)C(F)(F)CC2)c(C(=O)Nc2cccc(S(=N)(=O)CC3CCN(c4ncc(-c5ccc(F)nc5)c(C)c4C(=O)Nc4cccc(S(C)(=N)=O)c4)CCC3(F)F)c2)c1C. The maximum absolute atomic E-state index is 16.7. The van der Waals surface area contributed by atoms with Gasteiger partial charge in [0.1, 0.15) is 17.5 Å². The van der Waals surface area contributed by atoms with Crippen molar-refractivity contribution in [3.63, 3.8) is 0 Å². The van der Waals surface area contributed by atoms with Crippen LogP contribution in [0.15, 0.2) is 148 Å². The number of aromatic nitrogens is 5. The number of aryl methyl sites for hydroxylation is 1. The summed E-state index contributed by atoms with van der Waals surface area (Å²) < 4.78 is 204. The molecule has 105 heavy (non-hydrogen) atoms. The second-order valence-electron chi connectivity index (χ2n) is 26.9. The maximum Gasteiger partial charge on any atom is 0.259 e. The van der Waals surface area contributed by atoms with E-state index in [1.165, 1.54) is 125 Å². The molecule has 3 aliphatic heterocycles. The predicted octanol–water partition coefficient (Wildman–Crippen LogP) is 14.1. The Morgan fingerprint density at radius 1 is 0.495 bits per heavy atom. The summed E-state index contributed by atoms with van der Waals surface area (Å²) in [6, 6.07) is 22.5. The molecule has 22 nitrogen and oxygen atoms in total. The first-order chi connectivity index (χ1) is 49.3. The van der Waals surface area contributed by atoms with E-state index in [2.05, 4.69) is 35.9 Å². The average molecular weight is 1530 g/mol. The third-order valence-electron chi connectivity index (χ3n) is 19.4. The predicted molar refractivity (Wildman–Crippen MR) is 388 cm³/mol. The van der Waals surface area contributed by atoms with E-state index in [9.17, 15) is 48.6 Å². The highest BCUT2D eigenvalue weighted by Crippen LogP contribution is 2.43. The largest absolute Gasteiger partial charge is 0.356 e. The summed E-state index contributed by atoms with van der Waals surface area (Å²) in [6.45, 7) is 5.16. The van der Waals surface area contributed by atoms with Crippen LogP contribution in [0.1, 0.15) is 98.4 Å². The van der Waals surface area contributed by atoms with Crippen molar-refractivity contribution in [2.75, 3.05) is 93.9 Å². The van der Waals surface area contributed by atoms with Crippen LogP contribution >= 0.6 is 0 Å². The summed E-state index contributed by atoms with van der Waals surface area (Å²) in [5.74, 6) is -18.4. The summed E-state index contributed by atoms with van der Waals surface area (Å²) in [5.41, 5.74) is 2.82. The van der Waals surface area contributed by atoms with Gasteiger partial charge in [-0.2, -0.15) is 4.39 Å². The standard InChI is InChI=1S/C72H77F7N14O8S4/c1-43-57(47-19-20-60(73)84-37-47)38-85-64(61(43)67(94)88-50-12-7-15-53(34-50)102(5,80)97)92-29-21-48(71(76,77)25-32-92)41-104(81,100)54-16-8-13-51(35-54)89-68(95)62-44(2)58(56-18-10-27-83-46(56)4)39-86-65(62)93-30-22-49(72(78,79)26-33-93)42-105(82,101)55-17-9-14-52(36-55)90-69(96)63-45(3)59(103(6,98)99)40-87-66(63)91-28-11-23-70(74,75)24-31-91/h7-10,12-20,27,34-40,48-49,80-82H,11,21-26,28-33,41-42H2,1-6H3,(H,88,94)(H,89,95)(H,90,96). The normalized spacial score (nSPS) is 19.3. The van der Waals surface area contributed by atoms with Crippen molar-refractivity contribution in [1.29, 1.82) is 14.3 Å². The number of carbonyl (C=O) groups is 3. The quantitative estimate of drug-likeness (QED) is 0.0324. The molecule has 0 bridgehead atoms. The lowest BCUT2D eigenvalue weighted by Crippen LogP contribution is -2.33. The monoisotopic (exact) mass is 1530 g/mol. The number of halogens is 7. The number of alkyl halides is 6. The zero-order chi connectivity index (χ0) is 75.9. The second kappa shape index (κ2) is 29.8. The molecule has 3 fully saturated rings. The van der Waals surface area contributed by atoms with Gasteiger partial charge in [0.25, 0.3) is 29.6 Å². The van der Waals surface area contributed by atoms with Gasteiger partial charge in [-0.1, -0.05) is 24.3 Å². The van der Waals surface area contributed by atoms with E-state index in [1.54, 1.807) is 39.1 Å². The number of pyridine rings is 5. The Morgan fingerprint density at radius 2 is 0.943 bits per heavy atom. The van der Waals surface area contributed by atoms with E-state index in [0.29, 0.717) is 39.1 Å². The Bertz CT molecular complexity index is 5220. The summed E-state index contributed by atoms with van der Waals surface area (Å²) in [6.07, 6.45) is 5.63. The summed E-state index contributed by atoms with van der Waals surface area (Å²) in [4.78, 5) is 69.4. The zero-order valence-corrected chi connectivity index (χ0v) is 61.3. The van der Waals surface area contributed by atoms with Crippen molar-refractivity contribution >= 4 is 91.3 Å². The van der Waals surface area contributed by atoms with Crippen LogP contribution in [0.2, 0.25) is 0 Å². The third kappa shape index (κ3) is 17.1. The Balaban J connectivity index is 0.817. The Kier molecular flexibility index (Phi) is 21.8. The van der Waals surface area contributed by atoms with Crippen molar-refractivity contribution in [3.05, 3.63) is 173 Å². The molecule has 5 unspecified atom stereocenters. The number of hydrogen-bond acceptors (Lipinski definition) is 19. The van der Waals surface area contributed by atoms with Crippen LogP contribution < -0.4 is 30.7 Å². The van der Waals surface area contributed by atoms with Gasteiger partial charge in [0, 0.05) is 191 Å². The minimum absolute atomic E-state index is 0.0106. The van der Waals surface area contributed by atoms with Crippen LogP contribution in [-0.2, 0) is 39.0 Å². The van der Waals surface area contributed by atoms with Crippen LogP contribution in [0.4, 0.5) is 65.2 Å². The van der Waals surface area contributed by atoms with E-state index in [-0.39, 0.29) is 135 Å². The third-order valence-corrected chi connectivity index (χ3v) is 25.6. The van der Waals surface area contributed by atoms with E-state index in [0.717, 1.165) is 18.5 Å². The summed E-state index contributed by atoms with van der Waals surface area (Å²) >= 11 is 0. The smallest absolute Gasteiger partial charge is 0.259 e. The van der Waals surface area contributed by atoms with Crippen molar-refractivity contribution < 1.29 is 66.2 Å². The van der Waals surface area contributed by atoms with Gasteiger partial charge in [0.2, 0.25) is 11.9 Å². The van der Waals surface area contributed by atoms with Gasteiger partial charge in [-0.25, -0.2) is 81.7 Å². The number of anilines is 6. The molecular formula is C72H77F7N14O8S4. The number of benzene rings is 3. The van der Waals surface area contributed by atoms with Crippen molar-refractivity contribution in [2.45, 2.75) is 110 Å². The number of rotatable bonds is 19. The zero-order valence-electron chi connectivity index (χ0n) is 58.0. The maximum atomic E-state index is 16.7. The number of carbonyl (C=O) groups excluding carboxylic acids is 3. The first kappa shape index (κ1) is 76.7. The number of nitrogens with one attached hydrogen (secondary N) is 6. The van der Waals surface area contributed by atoms with Gasteiger partial charge in [-0.3, -0.25) is 19.4 Å². The van der Waals surface area contributed by atoms with Crippen LogP contribution in [0.3, 0.4) is 0 Å². The molecule has 33 heteroatoms. The van der Waals surface area contributed by atoms with Gasteiger partial charge in [-0.15, -0.1) is 0 Å². The highest BCUT2D eigenvalue weighted by Gasteiger charge is 2.46.